The third-order valence-corrected chi connectivity index (χ3v) is 6.39. The molecule has 2 aromatic carbocycles. The molecule has 2 N–H and O–H groups in total. The molecule has 1 heterocycles. The van der Waals surface area contributed by atoms with Crippen molar-refractivity contribution in [2.45, 2.75) is 51.5 Å². The first-order chi connectivity index (χ1) is 17.5. The number of hydroxylamine groups is 2. The number of morpholine rings is 1. The van der Waals surface area contributed by atoms with E-state index in [0.29, 0.717) is 44.2 Å². The molecule has 1 aliphatic heterocycles. The fourth-order valence-electron chi connectivity index (χ4n) is 4.19. The van der Waals surface area contributed by atoms with Gasteiger partial charge in [0.1, 0.15) is 0 Å². The lowest BCUT2D eigenvalue weighted by Gasteiger charge is -2.32. The number of hydrogen-bond donors (Lipinski definition) is 1. The predicted octanol–water partition coefficient (Wildman–Crippen LogP) is 3.73. The smallest absolute Gasteiger partial charge is 0.361 e. The molecule has 3 amide bonds. The molecule has 1 fully saturated rings. The fourth-order valence-corrected chi connectivity index (χ4v) is 4.19. The average molecular weight is 496 g/mol. The highest BCUT2D eigenvalue weighted by Crippen LogP contribution is 2.18. The molecule has 0 aliphatic carbocycles. The monoisotopic (exact) mass is 495 g/mol. The number of hydrogen-bond acceptors (Lipinski definition) is 6. The van der Waals surface area contributed by atoms with Gasteiger partial charge in [-0.3, -0.25) is 4.79 Å². The largest absolute Gasteiger partial charge is 0.378 e. The first-order valence-corrected chi connectivity index (χ1v) is 12.8. The van der Waals surface area contributed by atoms with Crippen molar-refractivity contribution in [1.29, 1.82) is 0 Å². The number of benzene rings is 2. The molecule has 0 saturated carbocycles. The van der Waals surface area contributed by atoms with Crippen molar-refractivity contribution in [2.24, 2.45) is 11.7 Å². The quantitative estimate of drug-likeness (QED) is 0.398. The molecule has 194 valence electrons. The van der Waals surface area contributed by atoms with Crippen molar-refractivity contribution in [1.82, 2.24) is 9.96 Å². The van der Waals surface area contributed by atoms with Gasteiger partial charge >= 0.3 is 12.0 Å². The van der Waals surface area contributed by atoms with Crippen molar-refractivity contribution in [3.05, 3.63) is 71.8 Å². The van der Waals surface area contributed by atoms with Gasteiger partial charge in [0.15, 0.2) is 0 Å². The number of aryl methyl sites for hydroxylation is 1. The average Bonchev–Trinajstić information content (AvgIpc) is 2.92. The number of unbranched alkanes of at least 4 members (excludes halogenated alkanes) is 1. The van der Waals surface area contributed by atoms with Crippen LogP contribution in [0.25, 0.3) is 0 Å². The van der Waals surface area contributed by atoms with Gasteiger partial charge in [-0.1, -0.05) is 79.1 Å². The number of nitrogens with zero attached hydrogens (tertiary/aromatic N) is 2. The number of imide groups is 1. The van der Waals surface area contributed by atoms with E-state index in [1.807, 2.05) is 55.5 Å². The van der Waals surface area contributed by atoms with Gasteiger partial charge < -0.3 is 20.2 Å². The maximum atomic E-state index is 13.2. The number of rotatable bonds is 10. The van der Waals surface area contributed by atoms with E-state index in [9.17, 15) is 14.4 Å². The molecule has 36 heavy (non-hydrogen) atoms. The second-order valence-corrected chi connectivity index (χ2v) is 9.06. The number of carbonyl (C=O) groups excluding carboxylic acids is 3. The Balaban J connectivity index is 1.63. The Morgan fingerprint density at radius 1 is 0.972 bits per heavy atom. The summed E-state index contributed by atoms with van der Waals surface area (Å²) in [7, 11) is 0. The molecule has 1 unspecified atom stereocenters. The Labute approximate surface area is 213 Å². The summed E-state index contributed by atoms with van der Waals surface area (Å²) >= 11 is 0. The van der Waals surface area contributed by atoms with E-state index in [1.165, 1.54) is 10.5 Å². The summed E-state index contributed by atoms with van der Waals surface area (Å²) in [5.41, 5.74) is 8.29. The standard InChI is InChI=1S/C28H37N3O5/c1-2-24(16-10-9-13-22-11-5-3-6-12-22)27(33)36-31(28(34)30-17-19-35-20-18-30)26(32)25(29)21-23-14-7-4-8-15-23/h3-8,11-12,14-15,24-25H,2,9-10,13,16-21,29H2,1H3/t24?,25-/m0/s1. The number of amides is 3. The van der Waals surface area contributed by atoms with Crippen LogP contribution in [0, 0.1) is 5.92 Å². The third-order valence-electron chi connectivity index (χ3n) is 6.39. The van der Waals surface area contributed by atoms with E-state index >= 15 is 0 Å². The fraction of sp³-hybridized carbons (Fsp3) is 0.464. The molecule has 0 bridgehead atoms. The summed E-state index contributed by atoms with van der Waals surface area (Å²) in [5, 5.41) is 0.577. The number of nitrogens with two attached hydrogens (primary N) is 1. The van der Waals surface area contributed by atoms with Gasteiger partial charge in [-0.25, -0.2) is 9.59 Å². The number of urea groups is 1. The van der Waals surface area contributed by atoms with Crippen molar-refractivity contribution in [3.63, 3.8) is 0 Å². The van der Waals surface area contributed by atoms with Crippen LogP contribution in [0.3, 0.4) is 0 Å². The second kappa shape index (κ2) is 14.4. The summed E-state index contributed by atoms with van der Waals surface area (Å²) in [5.74, 6) is -1.74. The summed E-state index contributed by atoms with van der Waals surface area (Å²) in [6.45, 7) is 3.24. The molecule has 2 aromatic rings. The summed E-state index contributed by atoms with van der Waals surface area (Å²) in [4.78, 5) is 46.4. The highest BCUT2D eigenvalue weighted by atomic mass is 16.7. The SMILES string of the molecule is CCC(CCCCc1ccccc1)C(=O)ON(C(=O)[C@@H](N)Cc1ccccc1)C(=O)N1CCOCC1. The van der Waals surface area contributed by atoms with Crippen LogP contribution in [0.5, 0.6) is 0 Å². The molecule has 2 atom stereocenters. The lowest BCUT2D eigenvalue weighted by molar-refractivity contribution is -0.193. The molecular weight excluding hydrogens is 458 g/mol. The molecular formula is C28H37N3O5. The highest BCUT2D eigenvalue weighted by Gasteiger charge is 2.36. The predicted molar refractivity (Wildman–Crippen MR) is 137 cm³/mol. The Morgan fingerprint density at radius 2 is 1.58 bits per heavy atom. The molecule has 3 rings (SSSR count). The van der Waals surface area contributed by atoms with Crippen LogP contribution < -0.4 is 5.73 Å². The van der Waals surface area contributed by atoms with Crippen LogP contribution in [0.4, 0.5) is 4.79 Å². The molecule has 0 radical (unpaired) electrons. The van der Waals surface area contributed by atoms with Crippen molar-refractivity contribution in [3.8, 4) is 0 Å². The van der Waals surface area contributed by atoms with Gasteiger partial charge in [0, 0.05) is 13.1 Å². The van der Waals surface area contributed by atoms with Crippen LogP contribution in [0.15, 0.2) is 60.7 Å². The first kappa shape index (κ1) is 27.4. The number of carbonyl (C=O) groups is 3. The maximum Gasteiger partial charge on any atom is 0.361 e. The van der Waals surface area contributed by atoms with Gasteiger partial charge in [0.2, 0.25) is 0 Å². The van der Waals surface area contributed by atoms with Gasteiger partial charge in [0.25, 0.3) is 5.91 Å². The van der Waals surface area contributed by atoms with E-state index in [-0.39, 0.29) is 6.42 Å². The summed E-state index contributed by atoms with van der Waals surface area (Å²) in [6, 6.07) is 17.8. The minimum absolute atomic E-state index is 0.223. The Morgan fingerprint density at radius 3 is 2.19 bits per heavy atom. The van der Waals surface area contributed by atoms with Gasteiger partial charge in [-0.15, -0.1) is 0 Å². The van der Waals surface area contributed by atoms with Gasteiger partial charge in [0.05, 0.1) is 25.2 Å². The molecule has 1 aliphatic rings. The van der Waals surface area contributed by atoms with Crippen molar-refractivity contribution < 1.29 is 24.0 Å². The van der Waals surface area contributed by atoms with Crippen LogP contribution in [-0.2, 0) is 32.0 Å². The molecule has 1 saturated heterocycles. The normalized spacial score (nSPS) is 15.1. The van der Waals surface area contributed by atoms with E-state index < -0.39 is 29.9 Å². The molecule has 0 aromatic heterocycles. The summed E-state index contributed by atoms with van der Waals surface area (Å²) < 4.78 is 5.31. The van der Waals surface area contributed by atoms with Gasteiger partial charge in [-0.2, -0.15) is 0 Å². The lowest BCUT2D eigenvalue weighted by Crippen LogP contribution is -2.55. The lowest BCUT2D eigenvalue weighted by atomic mass is 9.97. The minimum Gasteiger partial charge on any atom is -0.378 e. The number of ether oxygens (including phenoxy) is 1. The van der Waals surface area contributed by atoms with Crippen molar-refractivity contribution >= 4 is 17.9 Å². The van der Waals surface area contributed by atoms with Crippen LogP contribution in [0.2, 0.25) is 0 Å². The topological polar surface area (TPSA) is 102 Å². The third kappa shape index (κ3) is 8.17. The zero-order valence-corrected chi connectivity index (χ0v) is 21.0. The molecule has 8 nitrogen and oxygen atoms in total. The van der Waals surface area contributed by atoms with E-state index in [2.05, 4.69) is 12.1 Å². The zero-order valence-electron chi connectivity index (χ0n) is 21.0. The first-order valence-electron chi connectivity index (χ1n) is 12.8. The van der Waals surface area contributed by atoms with Crippen LogP contribution >= 0.6 is 0 Å². The molecule has 8 heteroatoms. The Kier molecular flexibility index (Phi) is 10.9. The van der Waals surface area contributed by atoms with E-state index in [0.717, 1.165) is 24.8 Å². The summed E-state index contributed by atoms with van der Waals surface area (Å²) in [6.07, 6.45) is 4.09. The molecule has 0 spiro atoms. The Bertz CT molecular complexity index is 964. The maximum absolute atomic E-state index is 13.2. The van der Waals surface area contributed by atoms with Crippen molar-refractivity contribution in [2.75, 3.05) is 26.3 Å². The van der Waals surface area contributed by atoms with Crippen LogP contribution in [-0.4, -0.2) is 60.2 Å². The highest BCUT2D eigenvalue weighted by molar-refractivity contribution is 5.97. The van der Waals surface area contributed by atoms with E-state index in [4.69, 9.17) is 15.3 Å². The Hall–Kier alpha value is -3.23. The van der Waals surface area contributed by atoms with E-state index in [1.54, 1.807) is 0 Å². The minimum atomic E-state index is -1.03. The second-order valence-electron chi connectivity index (χ2n) is 9.06. The zero-order chi connectivity index (χ0) is 25.8. The van der Waals surface area contributed by atoms with Crippen LogP contribution in [0.1, 0.15) is 43.7 Å². The van der Waals surface area contributed by atoms with Gasteiger partial charge in [-0.05, 0) is 43.2 Å².